The van der Waals surface area contributed by atoms with Crippen molar-refractivity contribution in [3.8, 4) is 5.75 Å². The number of ether oxygens (including phenoxy) is 1. The molecule has 108 valence electrons. The molecule has 0 atom stereocenters. The van der Waals surface area contributed by atoms with E-state index in [1.807, 2.05) is 19.1 Å². The second kappa shape index (κ2) is 6.65. The Morgan fingerprint density at radius 2 is 2.10 bits per heavy atom. The molecule has 0 bridgehead atoms. The zero-order chi connectivity index (χ0) is 15.2. The lowest BCUT2D eigenvalue weighted by molar-refractivity contribution is -0.131. The zero-order valence-corrected chi connectivity index (χ0v) is 11.4. The lowest BCUT2D eigenvalue weighted by Crippen LogP contribution is -2.02. The van der Waals surface area contributed by atoms with E-state index in [0.29, 0.717) is 11.3 Å². The maximum atomic E-state index is 13.8. The molecule has 1 heterocycles. The molecule has 0 aliphatic rings. The molecular weight excluding hydrogens is 273 g/mol. The minimum atomic E-state index is -1.11. The Labute approximate surface area is 121 Å². The molecule has 4 nitrogen and oxygen atoms in total. The molecule has 0 fully saturated rings. The number of para-hydroxylation sites is 1. The number of aryl methyl sites for hydroxylation is 1. The predicted molar refractivity (Wildman–Crippen MR) is 76.4 cm³/mol. The molecule has 5 heteroatoms. The number of rotatable bonds is 5. The normalized spacial score (nSPS) is 10.8. The average Bonchev–Trinajstić information content (AvgIpc) is 2.44. The minimum Gasteiger partial charge on any atom is -0.484 e. The first-order valence-corrected chi connectivity index (χ1v) is 6.31. The zero-order valence-electron chi connectivity index (χ0n) is 11.4. The quantitative estimate of drug-likeness (QED) is 0.858. The lowest BCUT2D eigenvalue weighted by atomic mass is 10.2. The molecule has 1 aromatic carbocycles. The maximum absolute atomic E-state index is 13.8. The van der Waals surface area contributed by atoms with Gasteiger partial charge in [0.05, 0.1) is 5.69 Å². The van der Waals surface area contributed by atoms with Gasteiger partial charge in [-0.15, -0.1) is 0 Å². The number of hydrogen-bond donors (Lipinski definition) is 1. The SMILES string of the molecule is Cc1cccc(COc2c(F)cccc2/C=C/C(=O)O)n1. The van der Waals surface area contributed by atoms with Crippen molar-refractivity contribution in [3.63, 3.8) is 0 Å². The van der Waals surface area contributed by atoms with Gasteiger partial charge < -0.3 is 9.84 Å². The van der Waals surface area contributed by atoms with Crippen molar-refractivity contribution in [3.05, 3.63) is 65.2 Å². The number of aromatic nitrogens is 1. The topological polar surface area (TPSA) is 59.4 Å². The third-order valence-electron chi connectivity index (χ3n) is 2.71. The van der Waals surface area contributed by atoms with E-state index in [2.05, 4.69) is 4.98 Å². The molecule has 21 heavy (non-hydrogen) atoms. The van der Waals surface area contributed by atoms with Gasteiger partial charge in [-0.05, 0) is 31.2 Å². The highest BCUT2D eigenvalue weighted by Crippen LogP contribution is 2.24. The second-order valence-corrected chi connectivity index (χ2v) is 4.39. The van der Waals surface area contributed by atoms with E-state index in [4.69, 9.17) is 9.84 Å². The third-order valence-corrected chi connectivity index (χ3v) is 2.71. The van der Waals surface area contributed by atoms with Crippen LogP contribution in [0.5, 0.6) is 5.75 Å². The summed E-state index contributed by atoms with van der Waals surface area (Å²) in [6.07, 6.45) is 2.23. The summed E-state index contributed by atoms with van der Waals surface area (Å²) in [4.78, 5) is 14.8. The van der Waals surface area contributed by atoms with E-state index in [9.17, 15) is 9.18 Å². The summed E-state index contributed by atoms with van der Waals surface area (Å²) in [5.41, 5.74) is 1.88. The first-order valence-electron chi connectivity index (χ1n) is 6.31. The van der Waals surface area contributed by atoms with E-state index >= 15 is 0 Å². The highest BCUT2D eigenvalue weighted by Gasteiger charge is 2.09. The van der Waals surface area contributed by atoms with E-state index < -0.39 is 11.8 Å². The average molecular weight is 287 g/mol. The van der Waals surface area contributed by atoms with Crippen LogP contribution in [0.4, 0.5) is 4.39 Å². The number of carboxylic acids is 1. The molecule has 1 aromatic heterocycles. The number of carbonyl (C=O) groups is 1. The number of aliphatic carboxylic acids is 1. The van der Waals surface area contributed by atoms with Crippen molar-refractivity contribution < 1.29 is 19.0 Å². The lowest BCUT2D eigenvalue weighted by Gasteiger charge is -2.10. The predicted octanol–water partition coefficient (Wildman–Crippen LogP) is 3.21. The number of halogens is 1. The maximum Gasteiger partial charge on any atom is 0.328 e. The van der Waals surface area contributed by atoms with Gasteiger partial charge in [-0.25, -0.2) is 9.18 Å². The molecule has 0 unspecified atom stereocenters. The van der Waals surface area contributed by atoms with Crippen molar-refractivity contribution in [2.75, 3.05) is 0 Å². The molecule has 0 amide bonds. The van der Waals surface area contributed by atoms with Gasteiger partial charge in [0, 0.05) is 17.3 Å². The van der Waals surface area contributed by atoms with Crippen LogP contribution < -0.4 is 4.74 Å². The fourth-order valence-electron chi connectivity index (χ4n) is 1.80. The van der Waals surface area contributed by atoms with Crippen LogP contribution in [-0.4, -0.2) is 16.1 Å². The van der Waals surface area contributed by atoms with E-state index in [1.165, 1.54) is 18.2 Å². The second-order valence-electron chi connectivity index (χ2n) is 4.39. The largest absolute Gasteiger partial charge is 0.484 e. The van der Waals surface area contributed by atoms with Crippen molar-refractivity contribution in [1.82, 2.24) is 4.98 Å². The fourth-order valence-corrected chi connectivity index (χ4v) is 1.80. The van der Waals surface area contributed by atoms with Gasteiger partial charge in [-0.2, -0.15) is 0 Å². The fraction of sp³-hybridized carbons (Fsp3) is 0.125. The molecule has 1 N–H and O–H groups in total. The summed E-state index contributed by atoms with van der Waals surface area (Å²) in [5, 5.41) is 8.64. The summed E-state index contributed by atoms with van der Waals surface area (Å²) >= 11 is 0. The summed E-state index contributed by atoms with van der Waals surface area (Å²) < 4.78 is 19.3. The minimum absolute atomic E-state index is 0.0123. The summed E-state index contributed by atoms with van der Waals surface area (Å²) in [6, 6.07) is 9.81. The Hall–Kier alpha value is -2.69. The highest BCUT2D eigenvalue weighted by molar-refractivity contribution is 5.85. The summed E-state index contributed by atoms with van der Waals surface area (Å²) in [7, 11) is 0. The number of carboxylic acid groups (broad SMARTS) is 1. The van der Waals surface area contributed by atoms with E-state index in [1.54, 1.807) is 12.1 Å². The van der Waals surface area contributed by atoms with Crippen molar-refractivity contribution in [1.29, 1.82) is 0 Å². The van der Waals surface area contributed by atoms with Crippen molar-refractivity contribution in [2.24, 2.45) is 0 Å². The number of pyridine rings is 1. The van der Waals surface area contributed by atoms with Gasteiger partial charge in [-0.3, -0.25) is 4.98 Å². The molecule has 2 aromatic rings. The smallest absolute Gasteiger partial charge is 0.328 e. The van der Waals surface area contributed by atoms with E-state index in [0.717, 1.165) is 11.8 Å². The van der Waals surface area contributed by atoms with Crippen LogP contribution >= 0.6 is 0 Å². The Bertz CT molecular complexity index is 683. The number of nitrogens with zero attached hydrogens (tertiary/aromatic N) is 1. The first kappa shape index (κ1) is 14.7. The first-order chi connectivity index (χ1) is 10.1. The highest BCUT2D eigenvalue weighted by atomic mass is 19.1. The van der Waals surface area contributed by atoms with E-state index in [-0.39, 0.29) is 12.4 Å². The van der Waals surface area contributed by atoms with Crippen molar-refractivity contribution >= 4 is 12.0 Å². The molecule has 0 radical (unpaired) electrons. The van der Waals surface area contributed by atoms with Crippen LogP contribution in [0.3, 0.4) is 0 Å². The van der Waals surface area contributed by atoms with Crippen LogP contribution in [0.25, 0.3) is 6.08 Å². The van der Waals surface area contributed by atoms with Crippen LogP contribution in [-0.2, 0) is 11.4 Å². The molecule has 0 spiro atoms. The standard InChI is InChI=1S/C16H14FNO3/c1-11-4-2-6-13(18-11)10-21-16-12(8-9-15(19)20)5-3-7-14(16)17/h2-9H,10H2,1H3,(H,19,20)/b9-8+. The Morgan fingerprint density at radius 1 is 1.33 bits per heavy atom. The van der Waals surface area contributed by atoms with Crippen molar-refractivity contribution in [2.45, 2.75) is 13.5 Å². The Morgan fingerprint density at radius 3 is 2.81 bits per heavy atom. The Kier molecular flexibility index (Phi) is 4.66. The van der Waals surface area contributed by atoms with Crippen LogP contribution in [0.15, 0.2) is 42.5 Å². The molecule has 0 saturated heterocycles. The van der Waals surface area contributed by atoms with Gasteiger partial charge >= 0.3 is 5.97 Å². The van der Waals surface area contributed by atoms with Gasteiger partial charge in [0.15, 0.2) is 11.6 Å². The van der Waals surface area contributed by atoms with Gasteiger partial charge in [-0.1, -0.05) is 18.2 Å². The summed E-state index contributed by atoms with van der Waals surface area (Å²) in [6.45, 7) is 1.96. The van der Waals surface area contributed by atoms with Gasteiger partial charge in [0.2, 0.25) is 0 Å². The van der Waals surface area contributed by atoms with Crippen LogP contribution in [0.2, 0.25) is 0 Å². The third kappa shape index (κ3) is 4.14. The van der Waals surface area contributed by atoms with Crippen LogP contribution in [0, 0.1) is 12.7 Å². The molecule has 0 aliphatic heterocycles. The molecule has 2 rings (SSSR count). The molecule has 0 saturated carbocycles. The molecule has 0 aliphatic carbocycles. The Balaban J connectivity index is 2.20. The summed E-state index contributed by atoms with van der Waals surface area (Å²) in [5.74, 6) is -1.64. The molecular formula is C16H14FNO3. The number of hydrogen-bond acceptors (Lipinski definition) is 3. The monoisotopic (exact) mass is 287 g/mol. The van der Waals surface area contributed by atoms with Gasteiger partial charge in [0.1, 0.15) is 6.61 Å². The van der Waals surface area contributed by atoms with Crippen LogP contribution in [0.1, 0.15) is 17.0 Å². The number of benzene rings is 1. The van der Waals surface area contributed by atoms with Gasteiger partial charge in [0.25, 0.3) is 0 Å².